The van der Waals surface area contributed by atoms with Crippen LogP contribution >= 0.6 is 0 Å². The van der Waals surface area contributed by atoms with Gasteiger partial charge in [-0.3, -0.25) is 0 Å². The molecule has 2 aromatic rings. The molecular formula is C17H15F3. The summed E-state index contributed by atoms with van der Waals surface area (Å²) >= 11 is 0. The highest BCUT2D eigenvalue weighted by Gasteiger charge is 2.30. The zero-order chi connectivity index (χ0) is 14.6. The SMILES string of the molecule is CC(C=Cc1cccc(C(F)(F)F)c1)c1ccccc1. The van der Waals surface area contributed by atoms with Crippen molar-refractivity contribution in [2.24, 2.45) is 0 Å². The van der Waals surface area contributed by atoms with Gasteiger partial charge >= 0.3 is 6.18 Å². The molecule has 0 heterocycles. The Labute approximate surface area is 116 Å². The highest BCUT2D eigenvalue weighted by atomic mass is 19.4. The predicted molar refractivity (Wildman–Crippen MR) is 75.3 cm³/mol. The van der Waals surface area contributed by atoms with Gasteiger partial charge in [0.2, 0.25) is 0 Å². The minimum absolute atomic E-state index is 0.158. The number of hydrogen-bond acceptors (Lipinski definition) is 0. The number of rotatable bonds is 3. The number of hydrogen-bond donors (Lipinski definition) is 0. The van der Waals surface area contributed by atoms with Gasteiger partial charge in [0, 0.05) is 0 Å². The Morgan fingerprint density at radius 3 is 2.30 bits per heavy atom. The van der Waals surface area contributed by atoms with Crippen LogP contribution in [0.4, 0.5) is 13.2 Å². The van der Waals surface area contributed by atoms with Gasteiger partial charge in [0.25, 0.3) is 0 Å². The zero-order valence-electron chi connectivity index (χ0n) is 11.1. The Morgan fingerprint density at radius 1 is 0.950 bits per heavy atom. The third kappa shape index (κ3) is 3.73. The molecule has 0 N–H and O–H groups in total. The molecule has 0 spiro atoms. The number of alkyl halides is 3. The zero-order valence-corrected chi connectivity index (χ0v) is 11.1. The van der Waals surface area contributed by atoms with Crippen molar-refractivity contribution in [3.8, 4) is 0 Å². The molecule has 0 aliphatic heterocycles. The van der Waals surface area contributed by atoms with Crippen LogP contribution in [-0.4, -0.2) is 0 Å². The van der Waals surface area contributed by atoms with E-state index in [1.807, 2.05) is 43.3 Å². The summed E-state index contributed by atoms with van der Waals surface area (Å²) in [6.45, 7) is 2.01. The topological polar surface area (TPSA) is 0 Å². The molecule has 0 aliphatic rings. The predicted octanol–water partition coefficient (Wildman–Crippen LogP) is 5.52. The summed E-state index contributed by atoms with van der Waals surface area (Å²) in [6.07, 6.45) is -0.660. The summed E-state index contributed by atoms with van der Waals surface area (Å²) in [7, 11) is 0. The first kappa shape index (κ1) is 14.4. The van der Waals surface area contributed by atoms with E-state index in [1.54, 1.807) is 12.1 Å². The molecule has 0 fully saturated rings. The maximum Gasteiger partial charge on any atom is 0.416 e. The smallest absolute Gasteiger partial charge is 0.166 e. The molecular weight excluding hydrogens is 261 g/mol. The normalized spacial score (nSPS) is 13.6. The van der Waals surface area contributed by atoms with Crippen LogP contribution in [0.15, 0.2) is 60.7 Å². The lowest BCUT2D eigenvalue weighted by molar-refractivity contribution is -0.137. The largest absolute Gasteiger partial charge is 0.416 e. The molecule has 0 aromatic heterocycles. The molecule has 20 heavy (non-hydrogen) atoms. The summed E-state index contributed by atoms with van der Waals surface area (Å²) in [5.41, 5.74) is 1.07. The van der Waals surface area contributed by atoms with Gasteiger partial charge in [0.05, 0.1) is 5.56 Å². The first-order valence-corrected chi connectivity index (χ1v) is 6.37. The van der Waals surface area contributed by atoms with Crippen molar-refractivity contribution >= 4 is 6.08 Å². The summed E-state index contributed by atoms with van der Waals surface area (Å²) in [6, 6.07) is 15.2. The molecule has 0 radical (unpaired) electrons. The first-order valence-electron chi connectivity index (χ1n) is 6.37. The van der Waals surface area contributed by atoms with Crippen LogP contribution in [-0.2, 0) is 6.18 Å². The summed E-state index contributed by atoms with van der Waals surface area (Å²) in [5, 5.41) is 0. The second-order valence-electron chi connectivity index (χ2n) is 4.68. The Morgan fingerprint density at radius 2 is 1.65 bits per heavy atom. The van der Waals surface area contributed by atoms with Crippen molar-refractivity contribution in [2.75, 3.05) is 0 Å². The molecule has 3 heteroatoms. The average Bonchev–Trinajstić information content (AvgIpc) is 2.45. The maximum absolute atomic E-state index is 12.6. The molecule has 0 amide bonds. The van der Waals surface area contributed by atoms with E-state index in [0.717, 1.165) is 17.7 Å². The van der Waals surface area contributed by atoms with E-state index in [4.69, 9.17) is 0 Å². The van der Waals surface area contributed by atoms with Gasteiger partial charge in [0.15, 0.2) is 0 Å². The van der Waals surface area contributed by atoms with Gasteiger partial charge in [-0.15, -0.1) is 0 Å². The number of halogens is 3. The Balaban J connectivity index is 2.16. The van der Waals surface area contributed by atoms with Crippen molar-refractivity contribution in [1.82, 2.24) is 0 Å². The van der Waals surface area contributed by atoms with Gasteiger partial charge in [0.1, 0.15) is 0 Å². The highest BCUT2D eigenvalue weighted by Crippen LogP contribution is 2.30. The van der Waals surface area contributed by atoms with Crippen molar-refractivity contribution in [1.29, 1.82) is 0 Å². The van der Waals surface area contributed by atoms with Gasteiger partial charge in [-0.25, -0.2) is 0 Å². The van der Waals surface area contributed by atoms with Crippen LogP contribution in [0, 0.1) is 0 Å². The second kappa shape index (κ2) is 5.95. The van der Waals surface area contributed by atoms with E-state index >= 15 is 0 Å². The van der Waals surface area contributed by atoms with Crippen LogP contribution in [0.25, 0.3) is 6.08 Å². The maximum atomic E-state index is 12.6. The van der Waals surface area contributed by atoms with Crippen molar-refractivity contribution in [3.63, 3.8) is 0 Å². The van der Waals surface area contributed by atoms with E-state index in [1.165, 1.54) is 6.07 Å². The van der Waals surface area contributed by atoms with Crippen molar-refractivity contribution < 1.29 is 13.2 Å². The lowest BCUT2D eigenvalue weighted by Crippen LogP contribution is -2.04. The van der Waals surface area contributed by atoms with E-state index in [-0.39, 0.29) is 5.92 Å². The van der Waals surface area contributed by atoms with Crippen molar-refractivity contribution in [3.05, 3.63) is 77.4 Å². The van der Waals surface area contributed by atoms with E-state index in [9.17, 15) is 13.2 Å². The van der Waals surface area contributed by atoms with Crippen LogP contribution in [0.2, 0.25) is 0 Å². The number of allylic oxidation sites excluding steroid dienone is 1. The fourth-order valence-corrected chi connectivity index (χ4v) is 1.94. The van der Waals surface area contributed by atoms with Crippen molar-refractivity contribution in [2.45, 2.75) is 19.0 Å². The molecule has 0 bridgehead atoms. The minimum Gasteiger partial charge on any atom is -0.166 e. The minimum atomic E-state index is -4.30. The van der Waals surface area contributed by atoms with Crippen LogP contribution in [0.5, 0.6) is 0 Å². The molecule has 0 saturated heterocycles. The Kier molecular flexibility index (Phi) is 4.28. The van der Waals surface area contributed by atoms with Crippen LogP contribution < -0.4 is 0 Å². The van der Waals surface area contributed by atoms with Gasteiger partial charge in [-0.1, -0.05) is 61.5 Å². The fraction of sp³-hybridized carbons (Fsp3) is 0.176. The van der Waals surface area contributed by atoms with Crippen LogP contribution in [0.3, 0.4) is 0 Å². The second-order valence-corrected chi connectivity index (χ2v) is 4.68. The van der Waals surface area contributed by atoms with Gasteiger partial charge in [-0.2, -0.15) is 13.2 Å². The standard InChI is InChI=1S/C17H15F3/c1-13(15-7-3-2-4-8-15)10-11-14-6-5-9-16(12-14)17(18,19)20/h2-13H,1H3. The van der Waals surface area contributed by atoms with E-state index in [0.29, 0.717) is 5.56 Å². The van der Waals surface area contributed by atoms with Gasteiger partial charge in [-0.05, 0) is 29.2 Å². The quantitative estimate of drug-likeness (QED) is 0.692. The van der Waals surface area contributed by atoms with Crippen LogP contribution in [0.1, 0.15) is 29.5 Å². The molecule has 2 aromatic carbocycles. The molecule has 0 aliphatic carbocycles. The Hall–Kier alpha value is -2.03. The molecule has 1 unspecified atom stereocenters. The third-order valence-electron chi connectivity index (χ3n) is 3.12. The lowest BCUT2D eigenvalue weighted by Gasteiger charge is -2.08. The van der Waals surface area contributed by atoms with E-state index in [2.05, 4.69) is 0 Å². The molecule has 0 nitrogen and oxygen atoms in total. The highest BCUT2D eigenvalue weighted by molar-refractivity contribution is 5.52. The molecule has 1 atom stereocenters. The summed E-state index contributed by atoms with van der Waals surface area (Å²) < 4.78 is 37.8. The summed E-state index contributed by atoms with van der Waals surface area (Å²) in [5.74, 6) is 0.158. The molecule has 104 valence electrons. The van der Waals surface area contributed by atoms with Gasteiger partial charge < -0.3 is 0 Å². The fourth-order valence-electron chi connectivity index (χ4n) is 1.94. The number of benzene rings is 2. The Bertz CT molecular complexity index is 583. The molecule has 0 saturated carbocycles. The van der Waals surface area contributed by atoms with E-state index < -0.39 is 11.7 Å². The summed E-state index contributed by atoms with van der Waals surface area (Å²) in [4.78, 5) is 0. The lowest BCUT2D eigenvalue weighted by atomic mass is 9.99. The average molecular weight is 276 g/mol. The monoisotopic (exact) mass is 276 g/mol. The third-order valence-corrected chi connectivity index (χ3v) is 3.12. The molecule has 2 rings (SSSR count). The first-order chi connectivity index (χ1) is 9.47.